The summed E-state index contributed by atoms with van der Waals surface area (Å²) in [6.07, 6.45) is -0.00321. The van der Waals surface area contributed by atoms with Crippen LogP contribution in [0.15, 0.2) is 24.3 Å². The van der Waals surface area contributed by atoms with E-state index in [0.717, 1.165) is 0 Å². The third-order valence-corrected chi connectivity index (χ3v) is 3.14. The molecule has 0 aliphatic rings. The van der Waals surface area contributed by atoms with Gasteiger partial charge in [-0.05, 0) is 11.6 Å². The Hall–Kier alpha value is -1.88. The summed E-state index contributed by atoms with van der Waals surface area (Å²) in [5, 5.41) is 4.01. The lowest BCUT2D eigenvalue weighted by molar-refractivity contribution is 0.0987. The first-order valence-corrected chi connectivity index (χ1v) is 5.95. The van der Waals surface area contributed by atoms with Gasteiger partial charge in [-0.3, -0.25) is 4.79 Å². The number of nitrogens with zero attached hydrogens (tertiary/aromatic N) is 2. The molecule has 4 nitrogen and oxygen atoms in total. The third kappa shape index (κ3) is 2.76. The number of ether oxygens (including phenoxy) is 1. The molecule has 0 spiro atoms. The maximum absolute atomic E-state index is 13.3. The van der Waals surface area contributed by atoms with Crippen LogP contribution < -0.4 is 4.74 Å². The van der Waals surface area contributed by atoms with Crippen LogP contribution in [0.3, 0.4) is 0 Å². The molecule has 0 aliphatic carbocycles. The van der Waals surface area contributed by atoms with E-state index >= 15 is 0 Å². The minimum absolute atomic E-state index is 0.00321. The Morgan fingerprint density at radius 3 is 2.89 bits per heavy atom. The molecule has 0 saturated carbocycles. The summed E-state index contributed by atoms with van der Waals surface area (Å²) in [7, 11) is 3.17. The fourth-order valence-electron chi connectivity index (χ4n) is 1.73. The van der Waals surface area contributed by atoms with Crippen molar-refractivity contribution in [3.05, 3.63) is 46.4 Å². The Kier molecular flexibility index (Phi) is 3.85. The molecule has 0 amide bonds. The summed E-state index contributed by atoms with van der Waals surface area (Å²) in [5.41, 5.74) is 0.705. The number of aryl methyl sites for hydroxylation is 1. The van der Waals surface area contributed by atoms with Crippen LogP contribution in [0.1, 0.15) is 16.1 Å². The zero-order chi connectivity index (χ0) is 14.0. The first-order valence-electron chi connectivity index (χ1n) is 5.57. The first-order chi connectivity index (χ1) is 9.02. The van der Waals surface area contributed by atoms with Gasteiger partial charge in [0.1, 0.15) is 11.5 Å². The highest BCUT2D eigenvalue weighted by Gasteiger charge is 2.16. The first kappa shape index (κ1) is 13.5. The van der Waals surface area contributed by atoms with Gasteiger partial charge in [0.15, 0.2) is 5.78 Å². The van der Waals surface area contributed by atoms with E-state index in [0.29, 0.717) is 11.4 Å². The molecule has 0 fully saturated rings. The Labute approximate surface area is 114 Å². The lowest BCUT2D eigenvalue weighted by atomic mass is 10.1. The zero-order valence-corrected chi connectivity index (χ0v) is 11.2. The number of ketones is 1. The zero-order valence-electron chi connectivity index (χ0n) is 10.5. The number of hydrogen-bond donors (Lipinski definition) is 0. The average molecular weight is 283 g/mol. The van der Waals surface area contributed by atoms with Crippen molar-refractivity contribution in [2.45, 2.75) is 6.42 Å². The molecule has 1 heterocycles. The van der Waals surface area contributed by atoms with Crippen LogP contribution in [-0.4, -0.2) is 22.7 Å². The molecule has 2 rings (SSSR count). The van der Waals surface area contributed by atoms with Gasteiger partial charge in [0.25, 0.3) is 0 Å². The van der Waals surface area contributed by atoms with Crippen molar-refractivity contribution in [2.24, 2.45) is 7.05 Å². The van der Waals surface area contributed by atoms with Gasteiger partial charge >= 0.3 is 0 Å². The number of aromatic nitrogens is 2. The van der Waals surface area contributed by atoms with Crippen LogP contribution in [0, 0.1) is 5.82 Å². The largest absolute Gasteiger partial charge is 0.481 e. The monoisotopic (exact) mass is 282 g/mol. The predicted octanol–water partition coefficient (Wildman–Crippen LogP) is 2.65. The van der Waals surface area contributed by atoms with E-state index < -0.39 is 5.82 Å². The number of hydrogen-bond acceptors (Lipinski definition) is 3. The Bertz CT molecular complexity index is 625. The van der Waals surface area contributed by atoms with Crippen LogP contribution in [0.2, 0.25) is 5.02 Å². The van der Waals surface area contributed by atoms with Gasteiger partial charge in [-0.2, -0.15) is 5.10 Å². The molecule has 0 atom stereocenters. The molecule has 0 aliphatic heterocycles. The molecule has 0 unspecified atom stereocenters. The van der Waals surface area contributed by atoms with E-state index in [1.54, 1.807) is 13.1 Å². The van der Waals surface area contributed by atoms with E-state index in [2.05, 4.69) is 5.10 Å². The van der Waals surface area contributed by atoms with E-state index in [1.807, 2.05) is 0 Å². The highest BCUT2D eigenvalue weighted by Crippen LogP contribution is 2.21. The van der Waals surface area contributed by atoms with Crippen molar-refractivity contribution in [1.82, 2.24) is 9.78 Å². The van der Waals surface area contributed by atoms with E-state index in [1.165, 1.54) is 30.0 Å². The standard InChI is InChI=1S/C13H12ClFN2O2/c1-17-12(19-2)7-10(16-17)11(18)6-8-4-3-5-9(15)13(8)14/h3-5,7H,6H2,1-2H3. The number of Topliss-reactive ketones (excluding diaryl/α,β-unsaturated/α-hetero) is 1. The molecule has 19 heavy (non-hydrogen) atoms. The smallest absolute Gasteiger partial charge is 0.211 e. The van der Waals surface area contributed by atoms with Gasteiger partial charge < -0.3 is 4.74 Å². The number of methoxy groups -OCH3 is 1. The van der Waals surface area contributed by atoms with E-state index in [9.17, 15) is 9.18 Å². The second-order valence-electron chi connectivity index (χ2n) is 4.01. The molecule has 0 N–H and O–H groups in total. The van der Waals surface area contributed by atoms with E-state index in [4.69, 9.17) is 16.3 Å². The molecule has 0 bridgehead atoms. The molecule has 2 aromatic rings. The molecular formula is C13H12ClFN2O2. The summed E-state index contributed by atoms with van der Waals surface area (Å²) in [4.78, 5) is 12.0. The van der Waals surface area contributed by atoms with Gasteiger partial charge in [0.2, 0.25) is 5.88 Å². The average Bonchev–Trinajstić information content (AvgIpc) is 2.76. The fourth-order valence-corrected chi connectivity index (χ4v) is 1.92. The van der Waals surface area contributed by atoms with Crippen molar-refractivity contribution in [2.75, 3.05) is 7.11 Å². The highest BCUT2D eigenvalue weighted by atomic mass is 35.5. The van der Waals surface area contributed by atoms with Crippen molar-refractivity contribution < 1.29 is 13.9 Å². The second kappa shape index (κ2) is 5.40. The van der Waals surface area contributed by atoms with Gasteiger partial charge in [-0.25, -0.2) is 9.07 Å². The third-order valence-electron chi connectivity index (χ3n) is 2.71. The SMILES string of the molecule is COc1cc(C(=O)Cc2cccc(F)c2Cl)nn1C. The lowest BCUT2D eigenvalue weighted by Gasteiger charge is -2.02. The summed E-state index contributed by atoms with van der Waals surface area (Å²) in [5.74, 6) is -0.300. The number of carbonyl (C=O) groups is 1. The van der Waals surface area contributed by atoms with E-state index in [-0.39, 0.29) is 22.9 Å². The lowest BCUT2D eigenvalue weighted by Crippen LogP contribution is -2.06. The van der Waals surface area contributed by atoms with Crippen molar-refractivity contribution >= 4 is 17.4 Å². The molecular weight excluding hydrogens is 271 g/mol. The van der Waals surface area contributed by atoms with Crippen molar-refractivity contribution in [3.8, 4) is 5.88 Å². The van der Waals surface area contributed by atoms with Crippen LogP contribution >= 0.6 is 11.6 Å². The minimum Gasteiger partial charge on any atom is -0.481 e. The molecule has 100 valence electrons. The summed E-state index contributed by atoms with van der Waals surface area (Å²) in [6.45, 7) is 0. The number of benzene rings is 1. The predicted molar refractivity (Wildman–Crippen MR) is 69.2 cm³/mol. The van der Waals surface area contributed by atoms with Crippen molar-refractivity contribution in [3.63, 3.8) is 0 Å². The summed E-state index contributed by atoms with van der Waals surface area (Å²) < 4.78 is 19.8. The highest BCUT2D eigenvalue weighted by molar-refractivity contribution is 6.31. The summed E-state index contributed by atoms with van der Waals surface area (Å²) in [6, 6.07) is 5.92. The quantitative estimate of drug-likeness (QED) is 0.810. The summed E-state index contributed by atoms with van der Waals surface area (Å²) >= 11 is 5.81. The van der Waals surface area contributed by atoms with Gasteiger partial charge in [-0.1, -0.05) is 23.7 Å². The number of halogens is 2. The molecule has 1 aromatic carbocycles. The maximum atomic E-state index is 13.3. The molecule has 6 heteroatoms. The maximum Gasteiger partial charge on any atom is 0.211 e. The minimum atomic E-state index is -0.537. The molecule has 1 aromatic heterocycles. The number of rotatable bonds is 4. The fraction of sp³-hybridized carbons (Fsp3) is 0.231. The molecule has 0 radical (unpaired) electrons. The second-order valence-corrected chi connectivity index (χ2v) is 4.39. The van der Waals surface area contributed by atoms with Gasteiger partial charge in [0, 0.05) is 19.5 Å². The van der Waals surface area contributed by atoms with Crippen LogP contribution in [0.5, 0.6) is 5.88 Å². The van der Waals surface area contributed by atoms with Crippen LogP contribution in [-0.2, 0) is 13.5 Å². The van der Waals surface area contributed by atoms with Gasteiger partial charge in [0.05, 0.1) is 12.1 Å². The Balaban J connectivity index is 2.23. The molecule has 0 saturated heterocycles. The van der Waals surface area contributed by atoms with Gasteiger partial charge in [-0.15, -0.1) is 0 Å². The number of carbonyl (C=O) groups excluding carboxylic acids is 1. The van der Waals surface area contributed by atoms with Crippen LogP contribution in [0.25, 0.3) is 0 Å². The van der Waals surface area contributed by atoms with Crippen LogP contribution in [0.4, 0.5) is 4.39 Å². The van der Waals surface area contributed by atoms with Crippen molar-refractivity contribution in [1.29, 1.82) is 0 Å². The Morgan fingerprint density at radius 1 is 1.53 bits per heavy atom. The Morgan fingerprint density at radius 2 is 2.26 bits per heavy atom. The topological polar surface area (TPSA) is 44.1 Å². The normalized spacial score (nSPS) is 10.5.